The van der Waals surface area contributed by atoms with Crippen molar-refractivity contribution in [1.29, 1.82) is 0 Å². The van der Waals surface area contributed by atoms with Gasteiger partial charge in [0, 0.05) is 37.0 Å². The highest BCUT2D eigenvalue weighted by molar-refractivity contribution is 5.94. The molecule has 20 heavy (non-hydrogen) atoms. The summed E-state index contributed by atoms with van der Waals surface area (Å²) in [4.78, 5) is 18.6. The first-order chi connectivity index (χ1) is 9.65. The quantitative estimate of drug-likeness (QED) is 0.798. The van der Waals surface area contributed by atoms with Crippen LogP contribution >= 0.6 is 0 Å². The molecule has 0 atom stereocenters. The summed E-state index contributed by atoms with van der Waals surface area (Å²) in [6.07, 6.45) is 2.54. The predicted octanol–water partition coefficient (Wildman–Crippen LogP) is 2.73. The summed E-state index contributed by atoms with van der Waals surface area (Å²) in [6.45, 7) is 2.89. The third-order valence-electron chi connectivity index (χ3n) is 3.66. The Labute approximate surface area is 117 Å². The Kier molecular flexibility index (Phi) is 3.22. The van der Waals surface area contributed by atoms with E-state index in [1.54, 1.807) is 30.2 Å². The number of halogens is 1. The first kappa shape index (κ1) is 12.8. The largest absolute Gasteiger partial charge is 0.334 e. The fourth-order valence-electron chi connectivity index (χ4n) is 2.50. The topological polar surface area (TPSA) is 33.2 Å². The van der Waals surface area contributed by atoms with E-state index in [2.05, 4.69) is 4.98 Å². The van der Waals surface area contributed by atoms with Crippen LogP contribution in [0.5, 0.6) is 0 Å². The van der Waals surface area contributed by atoms with E-state index in [0.29, 0.717) is 24.2 Å². The minimum atomic E-state index is -0.283. The van der Waals surface area contributed by atoms with E-state index in [1.165, 1.54) is 6.07 Å². The van der Waals surface area contributed by atoms with Crippen molar-refractivity contribution in [3.8, 4) is 0 Å². The third-order valence-corrected chi connectivity index (χ3v) is 3.66. The summed E-state index contributed by atoms with van der Waals surface area (Å²) in [7, 11) is 0. The average Bonchev–Trinajstić information content (AvgIpc) is 2.49. The fraction of sp³-hybridized carbons (Fsp3) is 0.250. The number of rotatable bonds is 1. The van der Waals surface area contributed by atoms with Gasteiger partial charge in [0.15, 0.2) is 0 Å². The van der Waals surface area contributed by atoms with Crippen molar-refractivity contribution in [2.24, 2.45) is 0 Å². The van der Waals surface area contributed by atoms with E-state index >= 15 is 0 Å². The number of carbonyl (C=O) groups is 1. The van der Waals surface area contributed by atoms with Gasteiger partial charge in [-0.2, -0.15) is 0 Å². The standard InChI is InChI=1S/C16H15FN2O/c1-11-9-12(4-5-14(11)17)16(20)19-8-6-15-13(10-19)3-2-7-18-15/h2-5,7,9H,6,8,10H2,1H3. The average molecular weight is 270 g/mol. The number of nitrogens with zero attached hydrogens (tertiary/aromatic N) is 2. The lowest BCUT2D eigenvalue weighted by Crippen LogP contribution is -2.36. The summed E-state index contributed by atoms with van der Waals surface area (Å²) in [5.41, 5.74) is 3.18. The van der Waals surface area contributed by atoms with Crippen molar-refractivity contribution in [2.75, 3.05) is 6.54 Å². The molecule has 0 saturated heterocycles. The van der Waals surface area contributed by atoms with E-state index in [-0.39, 0.29) is 11.7 Å². The van der Waals surface area contributed by atoms with Gasteiger partial charge in [-0.25, -0.2) is 4.39 Å². The molecule has 4 heteroatoms. The second-order valence-corrected chi connectivity index (χ2v) is 5.05. The first-order valence-electron chi connectivity index (χ1n) is 6.63. The Morgan fingerprint density at radius 1 is 1.35 bits per heavy atom. The van der Waals surface area contributed by atoms with Crippen molar-refractivity contribution < 1.29 is 9.18 Å². The molecular weight excluding hydrogens is 255 g/mol. The lowest BCUT2D eigenvalue weighted by Gasteiger charge is -2.28. The molecule has 1 aliphatic rings. The van der Waals surface area contributed by atoms with Gasteiger partial charge >= 0.3 is 0 Å². The zero-order valence-electron chi connectivity index (χ0n) is 11.3. The van der Waals surface area contributed by atoms with Crippen molar-refractivity contribution in [3.05, 3.63) is 64.7 Å². The Hall–Kier alpha value is -2.23. The van der Waals surface area contributed by atoms with Gasteiger partial charge < -0.3 is 4.90 Å². The lowest BCUT2D eigenvalue weighted by molar-refractivity contribution is 0.0733. The molecular formula is C16H15FN2O. The van der Waals surface area contributed by atoms with E-state index in [0.717, 1.165) is 17.7 Å². The second-order valence-electron chi connectivity index (χ2n) is 5.05. The highest BCUT2D eigenvalue weighted by Gasteiger charge is 2.22. The molecule has 2 heterocycles. The van der Waals surface area contributed by atoms with Gasteiger partial charge in [0.2, 0.25) is 0 Å². The van der Waals surface area contributed by atoms with E-state index in [9.17, 15) is 9.18 Å². The van der Waals surface area contributed by atoms with E-state index < -0.39 is 0 Å². The van der Waals surface area contributed by atoms with Gasteiger partial charge in [-0.1, -0.05) is 6.07 Å². The number of aromatic nitrogens is 1. The molecule has 0 aliphatic carbocycles. The summed E-state index contributed by atoms with van der Waals surface area (Å²) in [6, 6.07) is 8.38. The number of hydrogen-bond acceptors (Lipinski definition) is 2. The van der Waals surface area contributed by atoms with Gasteiger partial charge in [-0.15, -0.1) is 0 Å². The molecule has 1 aliphatic heterocycles. The van der Waals surface area contributed by atoms with Gasteiger partial charge in [0.1, 0.15) is 5.82 Å². The lowest BCUT2D eigenvalue weighted by atomic mass is 10.0. The Balaban J connectivity index is 1.84. The number of carbonyl (C=O) groups excluding carboxylic acids is 1. The van der Waals surface area contributed by atoms with Gasteiger partial charge in [-0.3, -0.25) is 9.78 Å². The summed E-state index contributed by atoms with van der Waals surface area (Å²) in [5, 5.41) is 0. The molecule has 1 aromatic carbocycles. The smallest absolute Gasteiger partial charge is 0.254 e. The van der Waals surface area contributed by atoms with Crippen LogP contribution in [0, 0.1) is 12.7 Å². The van der Waals surface area contributed by atoms with Crippen molar-refractivity contribution >= 4 is 5.91 Å². The minimum Gasteiger partial charge on any atom is -0.334 e. The molecule has 0 fully saturated rings. The first-order valence-corrected chi connectivity index (χ1v) is 6.63. The second kappa shape index (κ2) is 5.04. The van der Waals surface area contributed by atoms with Gasteiger partial charge in [-0.05, 0) is 42.3 Å². The van der Waals surface area contributed by atoms with Crippen LogP contribution in [0.25, 0.3) is 0 Å². The maximum absolute atomic E-state index is 13.3. The van der Waals surface area contributed by atoms with Crippen molar-refractivity contribution in [1.82, 2.24) is 9.88 Å². The van der Waals surface area contributed by atoms with Crippen LogP contribution in [0.4, 0.5) is 4.39 Å². The molecule has 0 N–H and O–H groups in total. The Bertz CT molecular complexity index is 669. The van der Waals surface area contributed by atoms with Crippen molar-refractivity contribution in [3.63, 3.8) is 0 Å². The normalized spacial score (nSPS) is 14.0. The van der Waals surface area contributed by atoms with E-state index in [1.807, 2.05) is 12.1 Å². The number of aryl methyl sites for hydroxylation is 1. The number of amides is 1. The van der Waals surface area contributed by atoms with Crippen LogP contribution < -0.4 is 0 Å². The molecule has 0 radical (unpaired) electrons. The van der Waals surface area contributed by atoms with Gasteiger partial charge in [0.25, 0.3) is 5.91 Å². The Morgan fingerprint density at radius 3 is 3.00 bits per heavy atom. The van der Waals surface area contributed by atoms with Crippen molar-refractivity contribution in [2.45, 2.75) is 19.9 Å². The molecule has 0 spiro atoms. The van der Waals surface area contributed by atoms with Crippen LogP contribution in [-0.2, 0) is 13.0 Å². The maximum atomic E-state index is 13.3. The molecule has 3 nitrogen and oxygen atoms in total. The van der Waals surface area contributed by atoms with Crippen LogP contribution in [0.1, 0.15) is 27.2 Å². The predicted molar refractivity (Wildman–Crippen MR) is 73.8 cm³/mol. The maximum Gasteiger partial charge on any atom is 0.254 e. The molecule has 2 aromatic rings. The van der Waals surface area contributed by atoms with Crippen LogP contribution in [0.2, 0.25) is 0 Å². The number of pyridine rings is 1. The highest BCUT2D eigenvalue weighted by Crippen LogP contribution is 2.19. The minimum absolute atomic E-state index is 0.0531. The third kappa shape index (κ3) is 2.29. The van der Waals surface area contributed by atoms with Crippen LogP contribution in [-0.4, -0.2) is 22.3 Å². The van der Waals surface area contributed by atoms with Gasteiger partial charge in [0.05, 0.1) is 0 Å². The molecule has 0 bridgehead atoms. The Morgan fingerprint density at radius 2 is 2.20 bits per heavy atom. The summed E-state index contributed by atoms with van der Waals surface area (Å²) < 4.78 is 13.3. The SMILES string of the molecule is Cc1cc(C(=O)N2CCc3ncccc3C2)ccc1F. The zero-order valence-corrected chi connectivity index (χ0v) is 11.3. The summed E-state index contributed by atoms with van der Waals surface area (Å²) >= 11 is 0. The fourth-order valence-corrected chi connectivity index (χ4v) is 2.50. The van der Waals surface area contributed by atoms with E-state index in [4.69, 9.17) is 0 Å². The summed E-state index contributed by atoms with van der Waals surface area (Å²) in [5.74, 6) is -0.336. The van der Waals surface area contributed by atoms with Crippen LogP contribution in [0.3, 0.4) is 0 Å². The molecule has 1 amide bonds. The molecule has 1 aromatic heterocycles. The number of hydrogen-bond donors (Lipinski definition) is 0. The highest BCUT2D eigenvalue weighted by atomic mass is 19.1. The molecule has 0 unspecified atom stereocenters. The molecule has 3 rings (SSSR count). The zero-order chi connectivity index (χ0) is 14.1. The monoisotopic (exact) mass is 270 g/mol. The number of benzene rings is 1. The molecule has 102 valence electrons. The number of fused-ring (bicyclic) bond motifs is 1. The van der Waals surface area contributed by atoms with Crippen LogP contribution in [0.15, 0.2) is 36.5 Å². The molecule has 0 saturated carbocycles.